The molecule has 0 aromatic heterocycles. The normalized spacial score (nSPS) is 20.8. The third kappa shape index (κ3) is 8.58. The van der Waals surface area contributed by atoms with E-state index in [1.54, 1.807) is 36.4 Å². The number of benzene rings is 2. The van der Waals surface area contributed by atoms with Crippen molar-refractivity contribution in [3.05, 3.63) is 59.7 Å². The predicted molar refractivity (Wildman–Crippen MR) is 151 cm³/mol. The Morgan fingerprint density at radius 1 is 0.714 bits per heavy atom. The first-order valence-electron chi connectivity index (χ1n) is 13.9. The van der Waals surface area contributed by atoms with E-state index in [4.69, 9.17) is 28.4 Å². The van der Waals surface area contributed by atoms with Crippen molar-refractivity contribution in [2.45, 2.75) is 77.4 Å². The fraction of sp³-hybridized carbons (Fsp3) is 0.438. The summed E-state index contributed by atoms with van der Waals surface area (Å²) < 4.78 is 33.1. The molecule has 2 aliphatic rings. The lowest BCUT2D eigenvalue weighted by Gasteiger charge is -2.35. The van der Waals surface area contributed by atoms with Gasteiger partial charge < -0.3 is 28.4 Å². The van der Waals surface area contributed by atoms with Crippen LogP contribution < -0.4 is 18.9 Å². The van der Waals surface area contributed by atoms with E-state index in [-0.39, 0.29) is 25.2 Å². The van der Waals surface area contributed by atoms with Gasteiger partial charge in [0.15, 0.2) is 0 Å². The van der Waals surface area contributed by atoms with Gasteiger partial charge in [-0.2, -0.15) is 0 Å². The maximum Gasteiger partial charge on any atom is 0.331 e. The molecule has 0 amide bonds. The molecule has 0 spiro atoms. The van der Waals surface area contributed by atoms with Gasteiger partial charge in [-0.1, -0.05) is 0 Å². The average molecular weight is 581 g/mol. The fourth-order valence-electron chi connectivity index (χ4n) is 4.91. The molecule has 0 saturated carbocycles. The number of ether oxygens (including phenoxy) is 6. The largest absolute Gasteiger partial charge is 0.487 e. The van der Waals surface area contributed by atoms with Crippen molar-refractivity contribution in [1.29, 1.82) is 0 Å². The standard InChI is InChI=1S/C32H36O10/c1-21(33)39-25-5-7-27-23(19-25)11-13-31(3,41-27)15-17-37-29(35)9-10-30(36)38-18-16-32(4)14-12-24-20-26(40-22(2)34)6-8-28(24)42-32/h5-10,19-20H,11-18H2,1-4H3. The molecule has 42 heavy (non-hydrogen) atoms. The Morgan fingerprint density at radius 2 is 1.12 bits per heavy atom. The number of rotatable bonds is 10. The van der Waals surface area contributed by atoms with Crippen molar-refractivity contribution in [2.24, 2.45) is 0 Å². The zero-order valence-electron chi connectivity index (χ0n) is 24.4. The number of esters is 4. The molecular weight excluding hydrogens is 544 g/mol. The first kappa shape index (κ1) is 30.6. The molecule has 0 radical (unpaired) electrons. The highest BCUT2D eigenvalue weighted by Gasteiger charge is 2.33. The Bertz CT molecular complexity index is 1280. The van der Waals surface area contributed by atoms with E-state index in [0.717, 1.165) is 36.1 Å². The molecule has 2 aliphatic heterocycles. The molecular formula is C32H36O10. The van der Waals surface area contributed by atoms with Crippen molar-refractivity contribution in [3.63, 3.8) is 0 Å². The van der Waals surface area contributed by atoms with Gasteiger partial charge in [0.05, 0.1) is 13.2 Å². The van der Waals surface area contributed by atoms with E-state index in [9.17, 15) is 19.2 Å². The SMILES string of the molecule is CC(=O)Oc1ccc2c(c1)CCC(C)(CCOC(=O)C=CC(=O)OCCC1(C)CCc3cc(OC(C)=O)ccc3O1)O2. The molecule has 224 valence electrons. The minimum Gasteiger partial charge on any atom is -0.487 e. The van der Waals surface area contributed by atoms with E-state index >= 15 is 0 Å². The summed E-state index contributed by atoms with van der Waals surface area (Å²) in [6.07, 6.45) is 5.90. The molecule has 2 unspecified atom stereocenters. The molecule has 0 saturated heterocycles. The molecule has 4 rings (SSSR count). The highest BCUT2D eigenvalue weighted by atomic mass is 16.6. The quantitative estimate of drug-likeness (QED) is 0.219. The van der Waals surface area contributed by atoms with E-state index < -0.39 is 23.1 Å². The van der Waals surface area contributed by atoms with Gasteiger partial charge in [0.2, 0.25) is 0 Å². The second kappa shape index (κ2) is 13.1. The van der Waals surface area contributed by atoms with E-state index in [0.29, 0.717) is 48.7 Å². The summed E-state index contributed by atoms with van der Waals surface area (Å²) in [5, 5.41) is 0. The second-order valence-corrected chi connectivity index (χ2v) is 11.0. The fourth-order valence-corrected chi connectivity index (χ4v) is 4.91. The van der Waals surface area contributed by atoms with Gasteiger partial charge in [0.1, 0.15) is 34.2 Å². The van der Waals surface area contributed by atoms with Crippen molar-refractivity contribution >= 4 is 23.9 Å². The van der Waals surface area contributed by atoms with Gasteiger partial charge in [-0.3, -0.25) is 9.59 Å². The van der Waals surface area contributed by atoms with Crippen LogP contribution in [0.25, 0.3) is 0 Å². The smallest absolute Gasteiger partial charge is 0.331 e. The summed E-state index contributed by atoms with van der Waals surface area (Å²) in [6, 6.07) is 10.5. The Morgan fingerprint density at radius 3 is 1.50 bits per heavy atom. The van der Waals surface area contributed by atoms with Gasteiger partial charge in [0, 0.05) is 38.8 Å². The highest BCUT2D eigenvalue weighted by Crippen LogP contribution is 2.38. The van der Waals surface area contributed by atoms with Gasteiger partial charge in [-0.05, 0) is 87.1 Å². The molecule has 2 aromatic rings. The zero-order chi connectivity index (χ0) is 30.3. The molecule has 0 bridgehead atoms. The Hall–Kier alpha value is -4.34. The molecule has 2 heterocycles. The summed E-state index contributed by atoms with van der Waals surface area (Å²) >= 11 is 0. The predicted octanol–water partition coefficient (Wildman–Crippen LogP) is 4.83. The number of hydrogen-bond acceptors (Lipinski definition) is 10. The van der Waals surface area contributed by atoms with Crippen LogP contribution >= 0.6 is 0 Å². The lowest BCUT2D eigenvalue weighted by atomic mass is 9.90. The minimum absolute atomic E-state index is 0.120. The summed E-state index contributed by atoms with van der Waals surface area (Å²) in [7, 11) is 0. The highest BCUT2D eigenvalue weighted by molar-refractivity contribution is 5.91. The monoisotopic (exact) mass is 580 g/mol. The molecule has 0 fully saturated rings. The van der Waals surface area contributed by atoms with Crippen LogP contribution in [-0.2, 0) is 41.5 Å². The molecule has 2 atom stereocenters. The van der Waals surface area contributed by atoms with Crippen LogP contribution in [-0.4, -0.2) is 48.3 Å². The van der Waals surface area contributed by atoms with Gasteiger partial charge in [-0.25, -0.2) is 9.59 Å². The third-order valence-corrected chi connectivity index (χ3v) is 7.25. The number of aryl methyl sites for hydroxylation is 2. The van der Waals surface area contributed by atoms with Gasteiger partial charge in [0.25, 0.3) is 0 Å². The topological polar surface area (TPSA) is 124 Å². The molecule has 2 aromatic carbocycles. The average Bonchev–Trinajstić information content (AvgIpc) is 2.91. The van der Waals surface area contributed by atoms with Crippen molar-refractivity contribution in [3.8, 4) is 23.0 Å². The number of hydrogen-bond donors (Lipinski definition) is 0. The Labute approximate surface area is 244 Å². The van der Waals surface area contributed by atoms with Crippen molar-refractivity contribution in [2.75, 3.05) is 13.2 Å². The lowest BCUT2D eigenvalue weighted by Crippen LogP contribution is -2.37. The third-order valence-electron chi connectivity index (χ3n) is 7.25. The Balaban J connectivity index is 1.16. The number of carbonyl (C=O) groups is 4. The van der Waals surface area contributed by atoms with E-state index in [1.165, 1.54) is 13.8 Å². The molecule has 0 aliphatic carbocycles. The van der Waals surface area contributed by atoms with Crippen LogP contribution in [0.4, 0.5) is 0 Å². The molecule has 10 nitrogen and oxygen atoms in total. The minimum atomic E-state index is -0.648. The summed E-state index contributed by atoms with van der Waals surface area (Å²) in [4.78, 5) is 46.7. The number of fused-ring (bicyclic) bond motifs is 2. The first-order chi connectivity index (χ1) is 19.9. The van der Waals surface area contributed by atoms with Crippen LogP contribution in [0.5, 0.6) is 23.0 Å². The van der Waals surface area contributed by atoms with Crippen molar-refractivity contribution in [1.82, 2.24) is 0 Å². The van der Waals surface area contributed by atoms with Gasteiger partial charge in [-0.15, -0.1) is 0 Å². The summed E-state index contributed by atoms with van der Waals surface area (Å²) in [6.45, 7) is 6.85. The van der Waals surface area contributed by atoms with Crippen LogP contribution in [0.2, 0.25) is 0 Å². The molecule has 0 N–H and O–H groups in total. The first-order valence-corrected chi connectivity index (χ1v) is 13.9. The van der Waals surface area contributed by atoms with Crippen LogP contribution in [0, 0.1) is 0 Å². The summed E-state index contributed by atoms with van der Waals surface area (Å²) in [5.41, 5.74) is 0.851. The van der Waals surface area contributed by atoms with Crippen LogP contribution in [0.3, 0.4) is 0 Å². The second-order valence-electron chi connectivity index (χ2n) is 11.0. The maximum atomic E-state index is 12.1. The Kier molecular flexibility index (Phi) is 9.55. The zero-order valence-corrected chi connectivity index (χ0v) is 24.4. The van der Waals surface area contributed by atoms with Crippen molar-refractivity contribution < 1.29 is 47.6 Å². The van der Waals surface area contributed by atoms with Gasteiger partial charge >= 0.3 is 23.9 Å². The number of carbonyl (C=O) groups excluding carboxylic acids is 4. The maximum absolute atomic E-state index is 12.1. The van der Waals surface area contributed by atoms with Crippen LogP contribution in [0.1, 0.15) is 64.5 Å². The van der Waals surface area contributed by atoms with Crippen LogP contribution in [0.15, 0.2) is 48.6 Å². The van der Waals surface area contributed by atoms with E-state index in [2.05, 4.69) is 0 Å². The lowest BCUT2D eigenvalue weighted by molar-refractivity contribution is -0.141. The van der Waals surface area contributed by atoms with E-state index in [1.807, 2.05) is 13.8 Å². The molecule has 10 heteroatoms. The summed E-state index contributed by atoms with van der Waals surface area (Å²) in [5.74, 6) is 0.316.